The maximum atomic E-state index is 12.0. The maximum absolute atomic E-state index is 12.0. The average molecular weight is 276 g/mol. The van der Waals surface area contributed by atoms with E-state index in [-0.39, 0.29) is 24.7 Å². The molecule has 0 saturated heterocycles. The van der Waals surface area contributed by atoms with Gasteiger partial charge in [0.25, 0.3) is 11.1 Å². The highest BCUT2D eigenvalue weighted by atomic mass is 16.1. The number of aromatic nitrogens is 4. The number of rotatable bonds is 0. The molecule has 0 aliphatic heterocycles. The molecule has 0 aromatic carbocycles. The van der Waals surface area contributed by atoms with Crippen LogP contribution in [0.25, 0.3) is 0 Å². The highest BCUT2D eigenvalue weighted by Gasteiger charge is 2.26. The number of hydrogen-bond acceptors (Lipinski definition) is 8. The van der Waals surface area contributed by atoms with Gasteiger partial charge in [0.1, 0.15) is 0 Å². The Balaban J connectivity index is 2.27. The Kier molecular flexibility index (Phi) is 2.24. The number of nitrogen functional groups attached to an aromatic ring is 4. The predicted molar refractivity (Wildman–Crippen MR) is 71.7 cm³/mol. The van der Waals surface area contributed by atoms with Crippen molar-refractivity contribution in [2.75, 3.05) is 23.2 Å². The molecular weight excluding hydrogens is 264 g/mol. The molecule has 0 fully saturated rings. The van der Waals surface area contributed by atoms with Crippen LogP contribution in [0, 0.1) is 0 Å². The Hall–Kier alpha value is -3.04. The first kappa shape index (κ1) is 12.0. The first-order chi connectivity index (χ1) is 9.40. The fraction of sp³-hybridized carbons (Fsp3) is 0.200. The van der Waals surface area contributed by atoms with E-state index in [1.165, 1.54) is 0 Å². The highest BCUT2D eigenvalue weighted by Crippen LogP contribution is 2.20. The second-order valence-electron chi connectivity index (χ2n) is 4.49. The third kappa shape index (κ3) is 1.44. The zero-order chi connectivity index (χ0) is 14.6. The Labute approximate surface area is 111 Å². The summed E-state index contributed by atoms with van der Waals surface area (Å²) in [5, 5.41) is 0. The van der Waals surface area contributed by atoms with E-state index in [4.69, 9.17) is 23.2 Å². The number of nitrogens with zero attached hydrogens (tertiary/aromatic N) is 4. The lowest BCUT2D eigenvalue weighted by Crippen LogP contribution is -2.39. The van der Waals surface area contributed by atoms with Gasteiger partial charge in [-0.2, -0.15) is 9.35 Å². The van der Waals surface area contributed by atoms with Gasteiger partial charge in [-0.15, -0.1) is 0 Å². The zero-order valence-corrected chi connectivity index (χ0v) is 10.3. The van der Waals surface area contributed by atoms with Gasteiger partial charge >= 0.3 is 0 Å². The minimum absolute atomic E-state index is 0.117. The monoisotopic (exact) mass is 276 g/mol. The van der Waals surface area contributed by atoms with Gasteiger partial charge in [-0.25, -0.2) is 9.97 Å². The summed E-state index contributed by atoms with van der Waals surface area (Å²) >= 11 is 0. The topological polar surface area (TPSA) is 174 Å². The number of hydrogen-bond donors (Lipinski definition) is 4. The summed E-state index contributed by atoms with van der Waals surface area (Å²) in [6.07, 6.45) is 0.239. The van der Waals surface area contributed by atoms with Crippen LogP contribution in [0.2, 0.25) is 0 Å². The molecule has 10 nitrogen and oxygen atoms in total. The smallest absolute Gasteiger partial charge is 0.277 e. The van der Waals surface area contributed by atoms with Crippen molar-refractivity contribution in [2.24, 2.45) is 0 Å². The van der Waals surface area contributed by atoms with Crippen LogP contribution in [0.1, 0.15) is 22.5 Å². The average Bonchev–Trinajstić information content (AvgIpc) is 2.42. The number of nitrogens with two attached hydrogens (primary N) is 4. The van der Waals surface area contributed by atoms with Crippen LogP contribution < -0.4 is 34.3 Å². The summed E-state index contributed by atoms with van der Waals surface area (Å²) in [6.45, 7) is 0. The lowest BCUT2D eigenvalue weighted by atomic mass is 9.94. The predicted octanol–water partition coefficient (Wildman–Crippen LogP) is -3.11. The molecule has 0 saturated carbocycles. The summed E-state index contributed by atoms with van der Waals surface area (Å²) in [5.74, 6) is 10.8. The molecule has 10 heteroatoms. The van der Waals surface area contributed by atoms with Crippen LogP contribution in [0.4, 0.5) is 11.9 Å². The molecule has 3 rings (SSSR count). The normalized spacial score (nSPS) is 12.8. The van der Waals surface area contributed by atoms with Crippen LogP contribution in [0.15, 0.2) is 9.59 Å². The Morgan fingerprint density at radius 3 is 1.50 bits per heavy atom. The molecule has 1 aliphatic carbocycles. The van der Waals surface area contributed by atoms with E-state index in [2.05, 4.69) is 9.97 Å². The van der Waals surface area contributed by atoms with Gasteiger partial charge in [-0.05, 0) is 0 Å². The van der Waals surface area contributed by atoms with E-state index in [1.54, 1.807) is 0 Å². The zero-order valence-electron chi connectivity index (χ0n) is 10.3. The minimum atomic E-state index is -0.463. The molecule has 0 amide bonds. The summed E-state index contributed by atoms with van der Waals surface area (Å²) in [6, 6.07) is 0. The van der Waals surface area contributed by atoms with Gasteiger partial charge in [0, 0.05) is 24.0 Å². The van der Waals surface area contributed by atoms with Crippen LogP contribution in [-0.2, 0) is 12.8 Å². The van der Waals surface area contributed by atoms with Gasteiger partial charge in [-0.1, -0.05) is 0 Å². The van der Waals surface area contributed by atoms with Crippen LogP contribution in [-0.4, -0.2) is 19.3 Å². The summed E-state index contributed by atoms with van der Waals surface area (Å²) in [7, 11) is 0. The second-order valence-corrected chi connectivity index (χ2v) is 4.49. The quantitative estimate of drug-likeness (QED) is 0.312. The third-order valence-corrected chi connectivity index (χ3v) is 3.33. The molecule has 2 aromatic rings. The molecule has 2 aromatic heterocycles. The van der Waals surface area contributed by atoms with E-state index < -0.39 is 11.1 Å². The summed E-state index contributed by atoms with van der Waals surface area (Å²) in [4.78, 5) is 32.1. The lowest BCUT2D eigenvalue weighted by Gasteiger charge is -2.19. The van der Waals surface area contributed by atoms with Crippen molar-refractivity contribution < 1.29 is 0 Å². The van der Waals surface area contributed by atoms with Crippen molar-refractivity contribution in [1.82, 2.24) is 19.3 Å². The largest absolute Gasteiger partial charge is 0.368 e. The molecule has 2 heterocycles. The van der Waals surface area contributed by atoms with Crippen LogP contribution >= 0.6 is 0 Å². The van der Waals surface area contributed by atoms with E-state index in [9.17, 15) is 9.59 Å². The fourth-order valence-electron chi connectivity index (χ4n) is 2.25. The van der Waals surface area contributed by atoms with Gasteiger partial charge in [0.15, 0.2) is 0 Å². The van der Waals surface area contributed by atoms with Crippen molar-refractivity contribution in [3.8, 4) is 0 Å². The SMILES string of the molecule is Nc1nc2c(c(=O)n1N)Cc1nc(N)n(N)c(=O)c1C2. The van der Waals surface area contributed by atoms with E-state index in [0.717, 1.165) is 9.35 Å². The lowest BCUT2D eigenvalue weighted by molar-refractivity contribution is 0.773. The molecule has 0 spiro atoms. The molecular formula is C10H12N8O2. The van der Waals surface area contributed by atoms with Crippen molar-refractivity contribution in [1.29, 1.82) is 0 Å². The molecule has 104 valence electrons. The molecule has 20 heavy (non-hydrogen) atoms. The summed E-state index contributed by atoms with van der Waals surface area (Å²) < 4.78 is 1.52. The van der Waals surface area contributed by atoms with Crippen molar-refractivity contribution in [3.63, 3.8) is 0 Å². The number of fused-ring (bicyclic) bond motifs is 2. The van der Waals surface area contributed by atoms with Gasteiger partial charge in [0.05, 0.1) is 11.4 Å². The maximum Gasteiger partial charge on any atom is 0.277 e. The molecule has 8 N–H and O–H groups in total. The van der Waals surface area contributed by atoms with Crippen LogP contribution in [0.3, 0.4) is 0 Å². The van der Waals surface area contributed by atoms with Crippen LogP contribution in [0.5, 0.6) is 0 Å². The Morgan fingerprint density at radius 1 is 0.800 bits per heavy atom. The first-order valence-corrected chi connectivity index (χ1v) is 5.71. The molecule has 1 aliphatic rings. The Morgan fingerprint density at radius 2 is 1.15 bits per heavy atom. The van der Waals surface area contributed by atoms with Gasteiger partial charge in [-0.3, -0.25) is 9.59 Å². The Bertz CT molecular complexity index is 778. The standard InChI is InChI=1S/C10H12N8O2/c11-9-15-5-1-3-6(2-4(5)8(20)18(9)14)16-10(12)17(13)7(3)19/h1-2,13-14H2,(H2,11,15)(H2,12,16). The van der Waals surface area contributed by atoms with E-state index in [1.807, 2.05) is 0 Å². The van der Waals surface area contributed by atoms with E-state index in [0.29, 0.717) is 22.5 Å². The third-order valence-electron chi connectivity index (χ3n) is 3.33. The van der Waals surface area contributed by atoms with Crippen molar-refractivity contribution in [3.05, 3.63) is 43.2 Å². The molecule has 0 bridgehead atoms. The van der Waals surface area contributed by atoms with Gasteiger partial charge in [0.2, 0.25) is 11.9 Å². The molecule has 0 unspecified atom stereocenters. The first-order valence-electron chi connectivity index (χ1n) is 5.71. The van der Waals surface area contributed by atoms with E-state index >= 15 is 0 Å². The molecule has 0 atom stereocenters. The summed E-state index contributed by atoms with van der Waals surface area (Å²) in [5.41, 5.74) is 11.7. The second kappa shape index (κ2) is 3.73. The van der Waals surface area contributed by atoms with Crippen molar-refractivity contribution >= 4 is 11.9 Å². The molecule has 0 radical (unpaired) electrons. The highest BCUT2D eigenvalue weighted by molar-refractivity contribution is 5.42. The van der Waals surface area contributed by atoms with Gasteiger partial charge < -0.3 is 23.2 Å². The minimum Gasteiger partial charge on any atom is -0.368 e. The number of anilines is 2. The fourth-order valence-corrected chi connectivity index (χ4v) is 2.25. The van der Waals surface area contributed by atoms with Crippen molar-refractivity contribution in [2.45, 2.75) is 12.8 Å².